The number of carbonyl (C=O) groups is 1. The van der Waals surface area contributed by atoms with Gasteiger partial charge in [0, 0.05) is 24.4 Å². The molecule has 0 atom stereocenters. The quantitative estimate of drug-likeness (QED) is 0.664. The molecule has 3 rings (SSSR count). The van der Waals surface area contributed by atoms with Crippen molar-refractivity contribution in [3.63, 3.8) is 0 Å². The van der Waals surface area contributed by atoms with E-state index in [-0.39, 0.29) is 24.9 Å². The van der Waals surface area contributed by atoms with E-state index in [9.17, 15) is 9.18 Å². The molecule has 3 aromatic rings. The molecule has 0 aliphatic heterocycles. The molecule has 2 aromatic heterocycles. The topological polar surface area (TPSA) is 84.8 Å². The summed E-state index contributed by atoms with van der Waals surface area (Å²) in [5, 5.41) is 14.0. The Morgan fingerprint density at radius 1 is 1.35 bits per heavy atom. The van der Waals surface area contributed by atoms with Crippen molar-refractivity contribution in [1.29, 1.82) is 0 Å². The predicted octanol–water partition coefficient (Wildman–Crippen LogP) is 2.37. The highest BCUT2D eigenvalue weighted by Gasteiger charge is 2.17. The molecule has 0 saturated carbocycles. The van der Waals surface area contributed by atoms with Gasteiger partial charge in [-0.2, -0.15) is 10.2 Å². The second kappa shape index (κ2) is 7.38. The van der Waals surface area contributed by atoms with Crippen LogP contribution in [0, 0.1) is 19.7 Å². The Kier molecular flexibility index (Phi) is 5.01. The number of nitrogens with one attached hydrogen (secondary N) is 2. The fourth-order valence-corrected chi connectivity index (χ4v) is 2.70. The Labute approximate surface area is 150 Å². The Balaban J connectivity index is 1.57. The molecule has 0 aliphatic rings. The Hall–Kier alpha value is -3.16. The van der Waals surface area contributed by atoms with E-state index in [1.807, 2.05) is 20.9 Å². The molecule has 8 heteroatoms. The van der Waals surface area contributed by atoms with Crippen LogP contribution in [0.5, 0.6) is 5.75 Å². The zero-order valence-electron chi connectivity index (χ0n) is 14.8. The summed E-state index contributed by atoms with van der Waals surface area (Å²) in [6.07, 6.45) is 0. The third kappa shape index (κ3) is 3.74. The van der Waals surface area contributed by atoms with Crippen LogP contribution >= 0.6 is 0 Å². The summed E-state index contributed by atoms with van der Waals surface area (Å²) in [6.45, 7) is 4.37. The molecule has 1 aromatic carbocycles. The van der Waals surface area contributed by atoms with Gasteiger partial charge in [0.05, 0.1) is 17.9 Å². The second-order valence-electron chi connectivity index (χ2n) is 5.90. The lowest BCUT2D eigenvalue weighted by molar-refractivity contribution is 0.0942. The predicted molar refractivity (Wildman–Crippen MR) is 94.5 cm³/mol. The number of ether oxygens (including phenoxy) is 1. The lowest BCUT2D eigenvalue weighted by Crippen LogP contribution is -2.28. The standard InChI is InChI=1S/C18H20FN5O2/c1-11-17(12(2)24(3)23-11)15-10-16(22-21-15)18(25)20-7-8-26-14-6-4-5-13(19)9-14/h4-6,9-10H,7-8H2,1-3H3,(H,20,25)(H,21,22). The molecule has 0 aliphatic carbocycles. The molecule has 0 radical (unpaired) electrons. The van der Waals surface area contributed by atoms with Crippen molar-refractivity contribution in [1.82, 2.24) is 25.3 Å². The average Bonchev–Trinajstić information content (AvgIpc) is 3.17. The molecule has 0 bridgehead atoms. The lowest BCUT2D eigenvalue weighted by atomic mass is 10.1. The van der Waals surface area contributed by atoms with Crippen LogP contribution in [-0.2, 0) is 7.05 Å². The first kappa shape index (κ1) is 17.7. The maximum Gasteiger partial charge on any atom is 0.269 e. The van der Waals surface area contributed by atoms with Gasteiger partial charge in [-0.15, -0.1) is 0 Å². The SMILES string of the molecule is Cc1nn(C)c(C)c1-c1cc(C(=O)NCCOc2cccc(F)c2)[nH]n1. The lowest BCUT2D eigenvalue weighted by Gasteiger charge is -2.07. The third-order valence-corrected chi connectivity index (χ3v) is 4.04. The van der Waals surface area contributed by atoms with Crippen LogP contribution in [0.3, 0.4) is 0 Å². The Morgan fingerprint density at radius 3 is 2.85 bits per heavy atom. The Morgan fingerprint density at radius 2 is 2.15 bits per heavy atom. The largest absolute Gasteiger partial charge is 0.492 e. The summed E-state index contributed by atoms with van der Waals surface area (Å²) < 4.78 is 20.2. The van der Waals surface area contributed by atoms with Gasteiger partial charge in [-0.3, -0.25) is 14.6 Å². The molecule has 0 saturated heterocycles. The summed E-state index contributed by atoms with van der Waals surface area (Å²) in [5.41, 5.74) is 3.77. The maximum atomic E-state index is 13.1. The van der Waals surface area contributed by atoms with Crippen LogP contribution in [0.4, 0.5) is 4.39 Å². The molecule has 1 amide bonds. The van der Waals surface area contributed by atoms with Gasteiger partial charge in [0.1, 0.15) is 23.9 Å². The molecule has 136 valence electrons. The Bertz CT molecular complexity index is 932. The number of aromatic amines is 1. The molecular weight excluding hydrogens is 337 g/mol. The summed E-state index contributed by atoms with van der Waals surface area (Å²) in [5.74, 6) is -0.228. The number of hydrogen-bond donors (Lipinski definition) is 2. The van der Waals surface area contributed by atoms with Gasteiger partial charge >= 0.3 is 0 Å². The van der Waals surface area contributed by atoms with Crippen molar-refractivity contribution in [2.24, 2.45) is 7.05 Å². The van der Waals surface area contributed by atoms with Gasteiger partial charge < -0.3 is 10.1 Å². The number of H-pyrrole nitrogens is 1. The highest BCUT2D eigenvalue weighted by atomic mass is 19.1. The number of amides is 1. The van der Waals surface area contributed by atoms with E-state index in [1.54, 1.807) is 22.9 Å². The number of rotatable bonds is 6. The second-order valence-corrected chi connectivity index (χ2v) is 5.90. The first-order valence-corrected chi connectivity index (χ1v) is 8.18. The van der Waals surface area contributed by atoms with Crippen LogP contribution in [-0.4, -0.2) is 39.0 Å². The average molecular weight is 357 g/mol. The fourth-order valence-electron chi connectivity index (χ4n) is 2.70. The van der Waals surface area contributed by atoms with Crippen molar-refractivity contribution in [2.45, 2.75) is 13.8 Å². The number of aromatic nitrogens is 4. The third-order valence-electron chi connectivity index (χ3n) is 4.04. The molecule has 0 fully saturated rings. The molecule has 2 N–H and O–H groups in total. The van der Waals surface area contributed by atoms with E-state index in [4.69, 9.17) is 4.74 Å². The summed E-state index contributed by atoms with van der Waals surface area (Å²) >= 11 is 0. The first-order chi connectivity index (χ1) is 12.5. The minimum absolute atomic E-state index is 0.233. The van der Waals surface area contributed by atoms with E-state index in [1.165, 1.54) is 12.1 Å². The fraction of sp³-hybridized carbons (Fsp3) is 0.278. The normalized spacial score (nSPS) is 10.8. The van der Waals surface area contributed by atoms with Crippen molar-refractivity contribution in [2.75, 3.05) is 13.2 Å². The van der Waals surface area contributed by atoms with Crippen molar-refractivity contribution < 1.29 is 13.9 Å². The number of carbonyl (C=O) groups excluding carboxylic acids is 1. The molecule has 26 heavy (non-hydrogen) atoms. The maximum absolute atomic E-state index is 13.1. The first-order valence-electron chi connectivity index (χ1n) is 8.18. The van der Waals surface area contributed by atoms with Crippen molar-refractivity contribution in [3.8, 4) is 17.0 Å². The minimum atomic E-state index is -0.363. The number of aryl methyl sites for hydroxylation is 2. The molecule has 7 nitrogen and oxygen atoms in total. The minimum Gasteiger partial charge on any atom is -0.492 e. The number of halogens is 1. The number of hydrogen-bond acceptors (Lipinski definition) is 4. The highest BCUT2D eigenvalue weighted by Crippen LogP contribution is 2.25. The van der Waals surface area contributed by atoms with Crippen LogP contribution in [0.25, 0.3) is 11.3 Å². The highest BCUT2D eigenvalue weighted by molar-refractivity contribution is 5.93. The van der Waals surface area contributed by atoms with Gasteiger partial charge in [0.15, 0.2) is 0 Å². The van der Waals surface area contributed by atoms with Crippen LogP contribution in [0.2, 0.25) is 0 Å². The monoisotopic (exact) mass is 357 g/mol. The van der Waals surface area contributed by atoms with E-state index < -0.39 is 0 Å². The van der Waals surface area contributed by atoms with Gasteiger partial charge in [0.25, 0.3) is 5.91 Å². The van der Waals surface area contributed by atoms with E-state index in [0.29, 0.717) is 17.1 Å². The zero-order chi connectivity index (χ0) is 18.7. The van der Waals surface area contributed by atoms with Gasteiger partial charge in [0.2, 0.25) is 0 Å². The molecule has 0 unspecified atom stereocenters. The number of benzene rings is 1. The van der Waals surface area contributed by atoms with Crippen molar-refractivity contribution in [3.05, 3.63) is 53.2 Å². The summed E-state index contributed by atoms with van der Waals surface area (Å²) in [7, 11) is 1.87. The molecular formula is C18H20FN5O2. The molecule has 0 spiro atoms. The summed E-state index contributed by atoms with van der Waals surface area (Å²) in [4.78, 5) is 12.2. The zero-order valence-corrected chi connectivity index (χ0v) is 14.8. The van der Waals surface area contributed by atoms with Crippen LogP contribution < -0.4 is 10.1 Å². The van der Waals surface area contributed by atoms with Crippen LogP contribution in [0.1, 0.15) is 21.9 Å². The van der Waals surface area contributed by atoms with Gasteiger partial charge in [-0.25, -0.2) is 4.39 Å². The van der Waals surface area contributed by atoms with E-state index in [2.05, 4.69) is 20.6 Å². The van der Waals surface area contributed by atoms with Crippen molar-refractivity contribution >= 4 is 5.91 Å². The number of nitrogens with zero attached hydrogens (tertiary/aromatic N) is 3. The smallest absolute Gasteiger partial charge is 0.269 e. The van der Waals surface area contributed by atoms with E-state index in [0.717, 1.165) is 17.0 Å². The van der Waals surface area contributed by atoms with Gasteiger partial charge in [-0.05, 0) is 32.0 Å². The van der Waals surface area contributed by atoms with Crippen LogP contribution in [0.15, 0.2) is 30.3 Å². The molecule has 2 heterocycles. The summed E-state index contributed by atoms with van der Waals surface area (Å²) in [6, 6.07) is 7.56. The van der Waals surface area contributed by atoms with Gasteiger partial charge in [-0.1, -0.05) is 6.07 Å². The van der Waals surface area contributed by atoms with E-state index >= 15 is 0 Å².